The van der Waals surface area contributed by atoms with E-state index in [-0.39, 0.29) is 24.0 Å². The maximum Gasteiger partial charge on any atom is 0.191 e. The second-order valence-corrected chi connectivity index (χ2v) is 5.61. The van der Waals surface area contributed by atoms with Gasteiger partial charge >= 0.3 is 0 Å². The topological polar surface area (TPSA) is 41.6 Å². The Morgan fingerprint density at radius 1 is 1.44 bits per heavy atom. The van der Waals surface area contributed by atoms with E-state index in [2.05, 4.69) is 21.3 Å². The molecule has 6 heteroatoms. The molecular weight excluding hydrogens is 353 g/mol. The summed E-state index contributed by atoms with van der Waals surface area (Å²) in [7, 11) is 0. The first-order valence-electron chi connectivity index (χ1n) is 5.01. The lowest BCUT2D eigenvalue weighted by Gasteiger charge is -2.27. The average molecular weight is 369 g/mol. The number of hydrogen-bond donors (Lipinski definition) is 1. The van der Waals surface area contributed by atoms with E-state index < -0.39 is 0 Å². The van der Waals surface area contributed by atoms with Crippen molar-refractivity contribution in [2.24, 2.45) is 10.7 Å². The second-order valence-electron chi connectivity index (χ2n) is 3.35. The number of thioether (sulfide) groups is 1. The summed E-state index contributed by atoms with van der Waals surface area (Å²) in [4.78, 5) is 7.85. The standard InChI is InChI=1S/C10H15N3S2.HI/c11-10(13-3-6-14-7-4-13)12-8-9-2-1-5-15-9;/h1-2,5H,3-4,6-8H2,(H2,11,12);1H. The summed E-state index contributed by atoms with van der Waals surface area (Å²) in [6.45, 7) is 2.78. The molecule has 2 rings (SSSR count). The largest absolute Gasteiger partial charge is 0.370 e. The van der Waals surface area contributed by atoms with Gasteiger partial charge in [0.25, 0.3) is 0 Å². The SMILES string of the molecule is I.NC(=NCc1cccs1)N1CCSCC1. The van der Waals surface area contributed by atoms with Gasteiger partial charge in [-0.3, -0.25) is 0 Å². The molecule has 0 atom stereocenters. The van der Waals surface area contributed by atoms with Crippen molar-refractivity contribution >= 4 is 53.0 Å². The molecule has 0 aromatic carbocycles. The van der Waals surface area contributed by atoms with Crippen LogP contribution in [0.4, 0.5) is 0 Å². The van der Waals surface area contributed by atoms with E-state index in [9.17, 15) is 0 Å². The number of thiophene rings is 1. The third kappa shape index (κ3) is 4.14. The fourth-order valence-electron chi connectivity index (χ4n) is 1.45. The molecule has 1 aliphatic heterocycles. The highest BCUT2D eigenvalue weighted by Crippen LogP contribution is 2.11. The van der Waals surface area contributed by atoms with Crippen molar-refractivity contribution in [3.8, 4) is 0 Å². The van der Waals surface area contributed by atoms with E-state index in [0.717, 1.165) is 24.6 Å². The number of halogens is 1. The molecule has 0 bridgehead atoms. The van der Waals surface area contributed by atoms with Crippen molar-refractivity contribution < 1.29 is 0 Å². The first-order chi connectivity index (χ1) is 7.36. The van der Waals surface area contributed by atoms with Crippen LogP contribution in [0.3, 0.4) is 0 Å². The summed E-state index contributed by atoms with van der Waals surface area (Å²) in [6, 6.07) is 4.14. The molecule has 0 amide bonds. The van der Waals surface area contributed by atoms with Crippen molar-refractivity contribution in [3.05, 3.63) is 22.4 Å². The molecule has 2 N–H and O–H groups in total. The first kappa shape index (κ1) is 14.1. The van der Waals surface area contributed by atoms with Crippen LogP contribution in [-0.2, 0) is 6.54 Å². The molecule has 16 heavy (non-hydrogen) atoms. The van der Waals surface area contributed by atoms with Crippen LogP contribution in [0.15, 0.2) is 22.5 Å². The van der Waals surface area contributed by atoms with Crippen molar-refractivity contribution in [1.29, 1.82) is 0 Å². The van der Waals surface area contributed by atoms with Crippen molar-refractivity contribution in [1.82, 2.24) is 4.90 Å². The molecule has 3 nitrogen and oxygen atoms in total. The van der Waals surface area contributed by atoms with Gasteiger partial charge in [0, 0.05) is 29.5 Å². The van der Waals surface area contributed by atoms with Crippen LogP contribution >= 0.6 is 47.1 Å². The quantitative estimate of drug-likeness (QED) is 0.494. The Balaban J connectivity index is 0.00000128. The number of aliphatic imine (C=N–C) groups is 1. The minimum Gasteiger partial charge on any atom is -0.370 e. The number of nitrogens with two attached hydrogens (primary N) is 1. The summed E-state index contributed by atoms with van der Waals surface area (Å²) in [5.41, 5.74) is 5.94. The summed E-state index contributed by atoms with van der Waals surface area (Å²) >= 11 is 3.71. The molecule has 1 saturated heterocycles. The number of hydrogen-bond acceptors (Lipinski definition) is 3. The van der Waals surface area contributed by atoms with Gasteiger partial charge in [0.05, 0.1) is 6.54 Å². The van der Waals surface area contributed by atoms with Crippen LogP contribution in [0.2, 0.25) is 0 Å². The molecule has 90 valence electrons. The predicted molar refractivity (Wildman–Crippen MR) is 84.0 cm³/mol. The van der Waals surface area contributed by atoms with Gasteiger partial charge in [-0.25, -0.2) is 4.99 Å². The van der Waals surface area contributed by atoms with Gasteiger partial charge in [0.1, 0.15) is 0 Å². The Hall–Kier alpha value is 0.0500. The summed E-state index contributed by atoms with van der Waals surface area (Å²) in [6.07, 6.45) is 0. The van der Waals surface area contributed by atoms with Gasteiger partial charge in [-0.15, -0.1) is 35.3 Å². The van der Waals surface area contributed by atoms with Gasteiger partial charge in [-0.05, 0) is 11.4 Å². The molecule has 0 radical (unpaired) electrons. The van der Waals surface area contributed by atoms with Crippen LogP contribution < -0.4 is 5.73 Å². The Bertz CT molecular complexity index is 321. The maximum atomic E-state index is 5.94. The zero-order chi connectivity index (χ0) is 10.5. The van der Waals surface area contributed by atoms with E-state index in [0.29, 0.717) is 12.5 Å². The zero-order valence-electron chi connectivity index (χ0n) is 8.96. The Kier molecular flexibility index (Phi) is 6.52. The highest BCUT2D eigenvalue weighted by Gasteiger charge is 2.11. The van der Waals surface area contributed by atoms with Gasteiger partial charge in [0.15, 0.2) is 5.96 Å². The van der Waals surface area contributed by atoms with Crippen LogP contribution in [0, 0.1) is 0 Å². The summed E-state index contributed by atoms with van der Waals surface area (Å²) in [5.74, 6) is 3.02. The lowest BCUT2D eigenvalue weighted by atomic mass is 10.5. The molecular formula is C10H16IN3S2. The molecule has 0 spiro atoms. The van der Waals surface area contributed by atoms with E-state index in [1.54, 1.807) is 11.3 Å². The minimum atomic E-state index is 0. The van der Waals surface area contributed by atoms with Crippen LogP contribution in [0.1, 0.15) is 4.88 Å². The molecule has 0 aliphatic carbocycles. The Labute approximate surface area is 122 Å². The van der Waals surface area contributed by atoms with Crippen LogP contribution in [0.5, 0.6) is 0 Å². The first-order valence-corrected chi connectivity index (χ1v) is 7.04. The third-order valence-electron chi connectivity index (χ3n) is 2.31. The molecule has 0 saturated carbocycles. The van der Waals surface area contributed by atoms with Gasteiger partial charge in [-0.2, -0.15) is 11.8 Å². The smallest absolute Gasteiger partial charge is 0.191 e. The molecule has 0 unspecified atom stereocenters. The fourth-order valence-corrected chi connectivity index (χ4v) is 2.99. The Morgan fingerprint density at radius 2 is 2.19 bits per heavy atom. The molecule has 1 aliphatic rings. The monoisotopic (exact) mass is 369 g/mol. The lowest BCUT2D eigenvalue weighted by molar-refractivity contribution is 0.456. The fraction of sp³-hybridized carbons (Fsp3) is 0.500. The molecule has 1 aromatic rings. The summed E-state index contributed by atoms with van der Waals surface area (Å²) < 4.78 is 0. The van der Waals surface area contributed by atoms with E-state index >= 15 is 0 Å². The van der Waals surface area contributed by atoms with Crippen LogP contribution in [0.25, 0.3) is 0 Å². The van der Waals surface area contributed by atoms with Crippen molar-refractivity contribution in [2.45, 2.75) is 6.54 Å². The Morgan fingerprint density at radius 3 is 2.81 bits per heavy atom. The number of rotatable bonds is 2. The minimum absolute atomic E-state index is 0. The van der Waals surface area contributed by atoms with Gasteiger partial charge in [-0.1, -0.05) is 6.07 Å². The third-order valence-corrected chi connectivity index (χ3v) is 4.12. The highest BCUT2D eigenvalue weighted by atomic mass is 127. The average Bonchev–Trinajstić information content (AvgIpc) is 2.80. The van der Waals surface area contributed by atoms with Crippen LogP contribution in [-0.4, -0.2) is 35.5 Å². The zero-order valence-corrected chi connectivity index (χ0v) is 12.9. The van der Waals surface area contributed by atoms with Gasteiger partial charge < -0.3 is 10.6 Å². The van der Waals surface area contributed by atoms with E-state index in [1.165, 1.54) is 4.88 Å². The van der Waals surface area contributed by atoms with E-state index in [1.807, 2.05) is 17.8 Å². The molecule has 1 fully saturated rings. The number of guanidine groups is 1. The van der Waals surface area contributed by atoms with Gasteiger partial charge in [0.2, 0.25) is 0 Å². The maximum absolute atomic E-state index is 5.94. The highest BCUT2D eigenvalue weighted by molar-refractivity contribution is 14.0. The molecule has 1 aromatic heterocycles. The van der Waals surface area contributed by atoms with E-state index in [4.69, 9.17) is 5.73 Å². The van der Waals surface area contributed by atoms with Crippen molar-refractivity contribution in [2.75, 3.05) is 24.6 Å². The number of nitrogens with zero attached hydrogens (tertiary/aromatic N) is 2. The normalized spacial score (nSPS) is 17.0. The lowest BCUT2D eigenvalue weighted by Crippen LogP contribution is -2.42. The summed E-state index contributed by atoms with van der Waals surface area (Å²) in [5, 5.41) is 2.07. The molecule has 2 heterocycles. The van der Waals surface area contributed by atoms with Crippen molar-refractivity contribution in [3.63, 3.8) is 0 Å². The second kappa shape index (κ2) is 7.39. The predicted octanol–water partition coefficient (Wildman–Crippen LogP) is 2.23.